The predicted molar refractivity (Wildman–Crippen MR) is 231 cm³/mol. The highest BCUT2D eigenvalue weighted by atomic mass is 32.1. The maximum absolute atomic E-state index is 3.88. The molecule has 3 heteroatoms. The molecule has 7 aromatic carbocycles. The number of aromatic nitrogens is 2. The maximum Gasteiger partial charge on any atom is 0.0471 e. The van der Waals surface area contributed by atoms with Gasteiger partial charge >= 0.3 is 0 Å². The second-order valence-electron chi connectivity index (χ2n) is 13.2. The van der Waals surface area contributed by atoms with Crippen LogP contribution in [0.4, 0.5) is 0 Å². The number of nitrogens with zero attached hydrogens (tertiary/aromatic N) is 1. The van der Waals surface area contributed by atoms with Gasteiger partial charge in [-0.15, -0.1) is 11.3 Å². The zero-order valence-corrected chi connectivity index (χ0v) is 31.1. The van der Waals surface area contributed by atoms with Crippen LogP contribution in [-0.2, 0) is 0 Å². The molecule has 0 bridgehead atoms. The minimum Gasteiger partial charge on any atom is -0.354 e. The van der Waals surface area contributed by atoms with Gasteiger partial charge in [-0.25, -0.2) is 0 Å². The standard InChI is InChI=1S/C25H19N.C12H8S.C7H8.C6H7N/c1-17-6-4-7-18(14-17)19-8-5-9-20(15-19)21-12-13-23-22-10-2-3-11-24(22)26-25(23)16-21;1-3-7-11-9(5-1)10-6-2-4-8-12(10)13-11;1-7-5-3-2-4-6-7;1-6-3-2-4-7-5-6/h2-16,26H,1H3;1-8H;2-6H,1H3;2-5H,1H3. The van der Waals surface area contributed by atoms with Gasteiger partial charge < -0.3 is 4.98 Å². The topological polar surface area (TPSA) is 28.7 Å². The molecule has 0 atom stereocenters. The summed E-state index contributed by atoms with van der Waals surface area (Å²) in [6.07, 6.45) is 3.60. The molecule has 0 spiro atoms. The van der Waals surface area contributed by atoms with Crippen LogP contribution in [0.2, 0.25) is 0 Å². The molecule has 0 amide bonds. The summed E-state index contributed by atoms with van der Waals surface area (Å²) < 4.78 is 2.76. The van der Waals surface area contributed by atoms with Crippen molar-refractivity contribution in [3.05, 3.63) is 211 Å². The maximum atomic E-state index is 3.88. The Balaban J connectivity index is 0.000000132. The van der Waals surface area contributed by atoms with Crippen molar-refractivity contribution in [2.45, 2.75) is 20.8 Å². The van der Waals surface area contributed by atoms with Gasteiger partial charge in [-0.2, -0.15) is 0 Å². The van der Waals surface area contributed by atoms with Crippen LogP contribution in [0.1, 0.15) is 16.7 Å². The lowest BCUT2D eigenvalue weighted by molar-refractivity contribution is 1.27. The van der Waals surface area contributed by atoms with Gasteiger partial charge in [-0.3, -0.25) is 4.98 Å². The summed E-state index contributed by atoms with van der Waals surface area (Å²) in [5, 5.41) is 5.31. The molecule has 258 valence electrons. The second-order valence-corrected chi connectivity index (χ2v) is 14.2. The average Bonchev–Trinajstić information content (AvgIpc) is 3.77. The molecule has 53 heavy (non-hydrogen) atoms. The molecule has 10 aromatic rings. The first-order valence-electron chi connectivity index (χ1n) is 17.9. The highest BCUT2D eigenvalue weighted by Gasteiger charge is 2.07. The van der Waals surface area contributed by atoms with E-state index in [0.717, 1.165) is 0 Å². The highest BCUT2D eigenvalue weighted by molar-refractivity contribution is 7.25. The van der Waals surface area contributed by atoms with Gasteiger partial charge in [0.05, 0.1) is 0 Å². The van der Waals surface area contributed by atoms with E-state index in [9.17, 15) is 0 Å². The van der Waals surface area contributed by atoms with E-state index in [-0.39, 0.29) is 0 Å². The first kappa shape index (κ1) is 35.1. The van der Waals surface area contributed by atoms with E-state index < -0.39 is 0 Å². The summed E-state index contributed by atoms with van der Waals surface area (Å²) in [6.45, 7) is 6.24. The third kappa shape index (κ3) is 8.78. The Bertz CT molecular complexity index is 2620. The average molecular weight is 703 g/mol. The molecule has 3 heterocycles. The van der Waals surface area contributed by atoms with Crippen LogP contribution in [-0.4, -0.2) is 9.97 Å². The van der Waals surface area contributed by atoms with Crippen molar-refractivity contribution in [3.63, 3.8) is 0 Å². The molecule has 0 saturated carbocycles. The molecule has 0 aliphatic rings. The largest absolute Gasteiger partial charge is 0.354 e. The Hall–Kier alpha value is -6.29. The molecule has 1 N–H and O–H groups in total. The zero-order chi connectivity index (χ0) is 36.4. The van der Waals surface area contributed by atoms with Crippen molar-refractivity contribution < 1.29 is 0 Å². The first-order valence-corrected chi connectivity index (χ1v) is 18.8. The third-order valence-electron chi connectivity index (χ3n) is 9.09. The molecule has 0 unspecified atom stereocenters. The molecule has 0 aliphatic carbocycles. The minimum absolute atomic E-state index is 1.18. The van der Waals surface area contributed by atoms with Crippen LogP contribution in [0.5, 0.6) is 0 Å². The molecule has 0 radical (unpaired) electrons. The number of pyridine rings is 1. The van der Waals surface area contributed by atoms with E-state index >= 15 is 0 Å². The minimum atomic E-state index is 1.18. The number of hydrogen-bond acceptors (Lipinski definition) is 2. The Kier molecular flexibility index (Phi) is 11.1. The van der Waals surface area contributed by atoms with Gasteiger partial charge in [0.15, 0.2) is 0 Å². The van der Waals surface area contributed by atoms with E-state index in [1.54, 1.807) is 6.20 Å². The van der Waals surface area contributed by atoms with Gasteiger partial charge in [0.2, 0.25) is 0 Å². The number of thiophene rings is 1. The summed E-state index contributed by atoms with van der Waals surface area (Å²) in [7, 11) is 0. The van der Waals surface area contributed by atoms with Crippen LogP contribution >= 0.6 is 11.3 Å². The van der Waals surface area contributed by atoms with Gasteiger partial charge in [0.1, 0.15) is 0 Å². The van der Waals surface area contributed by atoms with Gasteiger partial charge in [-0.05, 0) is 85.0 Å². The van der Waals surface area contributed by atoms with E-state index in [2.05, 4.69) is 175 Å². The number of fused-ring (bicyclic) bond motifs is 6. The fourth-order valence-electron chi connectivity index (χ4n) is 6.39. The normalized spacial score (nSPS) is 10.5. The number of aryl methyl sites for hydroxylation is 3. The van der Waals surface area contributed by atoms with Crippen LogP contribution in [0.25, 0.3) is 64.2 Å². The van der Waals surface area contributed by atoms with E-state index in [4.69, 9.17) is 0 Å². The number of nitrogens with one attached hydrogen (secondary N) is 1. The van der Waals surface area contributed by atoms with Crippen molar-refractivity contribution >= 4 is 53.3 Å². The lowest BCUT2D eigenvalue weighted by Crippen LogP contribution is -1.82. The Labute approximate surface area is 316 Å². The summed E-state index contributed by atoms with van der Waals surface area (Å²) in [6, 6.07) is 64.0. The molecule has 0 fully saturated rings. The molecular weight excluding hydrogens is 661 g/mol. The first-order chi connectivity index (χ1) is 26.0. The third-order valence-corrected chi connectivity index (χ3v) is 10.2. The van der Waals surface area contributed by atoms with Crippen molar-refractivity contribution in [1.29, 1.82) is 0 Å². The fourth-order valence-corrected chi connectivity index (χ4v) is 7.50. The van der Waals surface area contributed by atoms with Gasteiger partial charge in [0, 0.05) is 54.4 Å². The van der Waals surface area contributed by atoms with Crippen molar-refractivity contribution in [2.24, 2.45) is 0 Å². The van der Waals surface area contributed by atoms with Gasteiger partial charge in [-0.1, -0.05) is 157 Å². The molecule has 3 aromatic heterocycles. The van der Waals surface area contributed by atoms with E-state index in [1.165, 1.54) is 80.9 Å². The fraction of sp³-hybridized carbons (Fsp3) is 0.0600. The number of hydrogen-bond donors (Lipinski definition) is 1. The van der Waals surface area contributed by atoms with Crippen LogP contribution < -0.4 is 0 Å². The molecule has 10 rings (SSSR count). The van der Waals surface area contributed by atoms with Crippen LogP contribution in [0, 0.1) is 20.8 Å². The lowest BCUT2D eigenvalue weighted by Gasteiger charge is -2.07. The lowest BCUT2D eigenvalue weighted by atomic mass is 9.97. The highest BCUT2D eigenvalue weighted by Crippen LogP contribution is 2.33. The molecule has 2 nitrogen and oxygen atoms in total. The number of rotatable bonds is 2. The summed E-state index contributed by atoms with van der Waals surface area (Å²) in [5.41, 5.74) is 11.2. The number of aromatic amines is 1. The molecular formula is C50H42N2S. The summed E-state index contributed by atoms with van der Waals surface area (Å²) in [5.74, 6) is 0. The predicted octanol–water partition coefficient (Wildman–Crippen LogP) is 14.4. The number of benzene rings is 7. The smallest absolute Gasteiger partial charge is 0.0471 e. The SMILES string of the molecule is Cc1cccc(-c2cccc(-c3ccc4c(c3)[nH]c3ccccc34)c2)c1.Cc1ccccc1.Cc1cccnc1.c1ccc2c(c1)sc1ccccc12. The van der Waals surface area contributed by atoms with Crippen molar-refractivity contribution in [2.75, 3.05) is 0 Å². The number of para-hydroxylation sites is 1. The van der Waals surface area contributed by atoms with Crippen LogP contribution in [0.15, 0.2) is 194 Å². The van der Waals surface area contributed by atoms with Gasteiger partial charge in [0.25, 0.3) is 0 Å². The summed E-state index contributed by atoms with van der Waals surface area (Å²) >= 11 is 1.86. The van der Waals surface area contributed by atoms with Crippen molar-refractivity contribution in [1.82, 2.24) is 9.97 Å². The van der Waals surface area contributed by atoms with Crippen molar-refractivity contribution in [3.8, 4) is 22.3 Å². The molecule has 0 saturated heterocycles. The molecule has 0 aliphatic heterocycles. The van der Waals surface area contributed by atoms with E-state index in [1.807, 2.05) is 54.8 Å². The quantitative estimate of drug-likeness (QED) is 0.191. The summed E-state index contributed by atoms with van der Waals surface area (Å²) in [4.78, 5) is 7.43. The zero-order valence-electron chi connectivity index (χ0n) is 30.3. The Morgan fingerprint density at radius 2 is 0.906 bits per heavy atom. The second kappa shape index (κ2) is 16.8. The van der Waals surface area contributed by atoms with E-state index in [0.29, 0.717) is 0 Å². The monoisotopic (exact) mass is 702 g/mol. The Morgan fingerprint density at radius 1 is 0.377 bits per heavy atom. The van der Waals surface area contributed by atoms with Crippen LogP contribution in [0.3, 0.4) is 0 Å². The number of H-pyrrole nitrogens is 1. The Morgan fingerprint density at radius 3 is 1.49 bits per heavy atom.